The fourth-order valence-electron chi connectivity index (χ4n) is 2.15. The Bertz CT molecular complexity index is 561. The third kappa shape index (κ3) is 11.4. The molecule has 0 spiro atoms. The first-order valence-corrected chi connectivity index (χ1v) is 8.40. The summed E-state index contributed by atoms with van der Waals surface area (Å²) in [6.07, 6.45) is 7.16. The Labute approximate surface area is 168 Å². The van der Waals surface area contributed by atoms with Crippen LogP contribution in [0.15, 0.2) is 22.4 Å². The second-order valence-corrected chi connectivity index (χ2v) is 5.74. The molecule has 2 unspecified atom stereocenters. The summed E-state index contributed by atoms with van der Waals surface area (Å²) in [5.41, 5.74) is 4.21. The van der Waals surface area contributed by atoms with Crippen molar-refractivity contribution in [1.29, 1.82) is 0 Å². The molecule has 0 aromatic rings. The molecule has 0 bridgehead atoms. The molecule has 1 saturated heterocycles. The third-order valence-corrected chi connectivity index (χ3v) is 3.41. The van der Waals surface area contributed by atoms with E-state index in [9.17, 15) is 19.8 Å². The van der Waals surface area contributed by atoms with Crippen LogP contribution in [-0.2, 0) is 26.1 Å². The summed E-state index contributed by atoms with van der Waals surface area (Å²) < 4.78 is 0. The summed E-state index contributed by atoms with van der Waals surface area (Å²) >= 11 is 0. The number of nitrogens with zero attached hydrogens (tertiary/aromatic N) is 4. The van der Waals surface area contributed by atoms with Gasteiger partial charge in [0.15, 0.2) is 0 Å². The van der Waals surface area contributed by atoms with Crippen molar-refractivity contribution in [3.63, 3.8) is 0 Å². The molecule has 0 saturated carbocycles. The molecule has 2 N–H and O–H groups in total. The minimum atomic E-state index is -0.420. The molecule has 1 fully saturated rings. The second kappa shape index (κ2) is 14.1. The summed E-state index contributed by atoms with van der Waals surface area (Å²) in [7, 11) is 0. The molecular formula is C16H24N6NiO4-4. The van der Waals surface area contributed by atoms with E-state index >= 15 is 0 Å². The van der Waals surface area contributed by atoms with Crippen LogP contribution in [0.1, 0.15) is 39.5 Å². The molecule has 2 amide bonds. The number of amides is 2. The molecular weight excluding hydrogens is 399 g/mol. The maximum absolute atomic E-state index is 11.2. The summed E-state index contributed by atoms with van der Waals surface area (Å²) in [5, 5.41) is 37.4. The predicted molar refractivity (Wildman–Crippen MR) is 94.1 cm³/mol. The molecule has 0 aliphatic carbocycles. The molecule has 0 radical (unpaired) electrons. The van der Waals surface area contributed by atoms with Crippen LogP contribution < -0.4 is 21.1 Å². The van der Waals surface area contributed by atoms with Crippen molar-refractivity contribution in [3.05, 3.63) is 22.8 Å². The van der Waals surface area contributed by atoms with Crippen molar-refractivity contribution in [1.82, 2.24) is 10.9 Å². The molecule has 0 aromatic carbocycles. The van der Waals surface area contributed by atoms with Gasteiger partial charge in [0, 0.05) is 30.3 Å². The predicted octanol–water partition coefficient (Wildman–Crippen LogP) is -0.781. The molecule has 2 atom stereocenters. The zero-order valence-electron chi connectivity index (χ0n) is 15.3. The molecule has 2 heterocycles. The van der Waals surface area contributed by atoms with Gasteiger partial charge in [-0.25, -0.2) is 10.9 Å². The minimum Gasteiger partial charge on any atom is -0.862 e. The first-order chi connectivity index (χ1) is 12.4. The standard InChI is InChI=1S/C8H14N3O2.C8H12N3O2.Ni/c2*1-6(12)10-11-8(13)7-4-2-3-5-9-7;/h7H,2-5H2,1H3,(H,10,12)(H,11,13);2-3,7H,4-5H2,1H3,(H,10,12)(H,11,13);/q2*-1;/p-2. The van der Waals surface area contributed by atoms with Crippen LogP contribution in [0, 0.1) is 0 Å². The number of nitrogens with one attached hydrogen (secondary N) is 2. The van der Waals surface area contributed by atoms with Crippen LogP contribution in [0.2, 0.25) is 0 Å². The monoisotopic (exact) mass is 422 g/mol. The van der Waals surface area contributed by atoms with Gasteiger partial charge < -0.3 is 20.8 Å². The number of piperidine rings is 1. The zero-order valence-corrected chi connectivity index (χ0v) is 16.3. The van der Waals surface area contributed by atoms with E-state index in [4.69, 9.17) is 0 Å². The van der Waals surface area contributed by atoms with Gasteiger partial charge in [0.05, 0.1) is 0 Å². The molecule has 2 aliphatic rings. The van der Waals surface area contributed by atoms with E-state index in [-0.39, 0.29) is 46.1 Å². The molecule has 156 valence electrons. The van der Waals surface area contributed by atoms with Crippen LogP contribution in [0.4, 0.5) is 0 Å². The van der Waals surface area contributed by atoms with Crippen LogP contribution in [0.25, 0.3) is 10.6 Å². The van der Waals surface area contributed by atoms with E-state index in [2.05, 4.69) is 31.7 Å². The largest absolute Gasteiger partial charge is 0.862 e. The van der Waals surface area contributed by atoms with Crippen LogP contribution in [0.3, 0.4) is 0 Å². The second-order valence-electron chi connectivity index (χ2n) is 5.74. The van der Waals surface area contributed by atoms with E-state index in [0.29, 0.717) is 13.0 Å². The van der Waals surface area contributed by atoms with Crippen molar-refractivity contribution in [3.8, 4) is 0 Å². The molecule has 27 heavy (non-hydrogen) atoms. The van der Waals surface area contributed by atoms with E-state index in [1.54, 1.807) is 0 Å². The van der Waals surface area contributed by atoms with Gasteiger partial charge >= 0.3 is 0 Å². The van der Waals surface area contributed by atoms with Crippen molar-refractivity contribution in [2.75, 3.05) is 13.1 Å². The van der Waals surface area contributed by atoms with Gasteiger partial charge in [-0.3, -0.25) is 9.59 Å². The minimum absolute atomic E-state index is 0. The molecule has 11 heteroatoms. The summed E-state index contributed by atoms with van der Waals surface area (Å²) in [6, 6.07) is -0.752. The Hall–Kier alpha value is -1.97. The maximum atomic E-state index is 11.2. The summed E-state index contributed by atoms with van der Waals surface area (Å²) in [4.78, 5) is 20.9. The van der Waals surface area contributed by atoms with E-state index in [0.717, 1.165) is 25.8 Å². The van der Waals surface area contributed by atoms with E-state index in [1.807, 2.05) is 12.2 Å². The van der Waals surface area contributed by atoms with Crippen molar-refractivity contribution >= 4 is 23.6 Å². The van der Waals surface area contributed by atoms with Gasteiger partial charge in [-0.1, -0.05) is 25.3 Å². The van der Waals surface area contributed by atoms with Crippen LogP contribution >= 0.6 is 0 Å². The van der Waals surface area contributed by atoms with Gasteiger partial charge in [0.2, 0.25) is 11.8 Å². The van der Waals surface area contributed by atoms with Crippen molar-refractivity contribution in [2.45, 2.75) is 51.6 Å². The maximum Gasteiger partial charge on any atom is 0.236 e. The number of hydrogen-bond acceptors (Lipinski definition) is 6. The van der Waals surface area contributed by atoms with Crippen LogP contribution in [-0.4, -0.2) is 48.8 Å². The first-order valence-electron chi connectivity index (χ1n) is 8.40. The van der Waals surface area contributed by atoms with Crippen LogP contribution in [0.5, 0.6) is 0 Å². The Morgan fingerprint density at radius 1 is 0.963 bits per heavy atom. The fraction of sp³-hybridized carbons (Fsp3) is 0.625. The number of carbonyl (C=O) groups is 2. The van der Waals surface area contributed by atoms with Crippen molar-refractivity contribution in [2.24, 2.45) is 10.2 Å². The third-order valence-electron chi connectivity index (χ3n) is 3.41. The molecule has 2 aliphatic heterocycles. The van der Waals surface area contributed by atoms with E-state index in [1.165, 1.54) is 13.8 Å². The van der Waals surface area contributed by atoms with Crippen molar-refractivity contribution < 1.29 is 36.3 Å². The first kappa shape index (κ1) is 25.0. The molecule has 2 rings (SSSR count). The average Bonchev–Trinajstić information content (AvgIpc) is 2.66. The summed E-state index contributed by atoms with van der Waals surface area (Å²) in [5.74, 6) is -1.40. The van der Waals surface area contributed by atoms with Gasteiger partial charge in [-0.05, 0) is 18.2 Å². The molecule has 10 nitrogen and oxygen atoms in total. The Morgan fingerprint density at radius 2 is 1.56 bits per heavy atom. The fourth-order valence-corrected chi connectivity index (χ4v) is 2.15. The normalized spacial score (nSPS) is 22.6. The topological polar surface area (TPSA) is 157 Å². The van der Waals surface area contributed by atoms with E-state index < -0.39 is 6.04 Å². The Morgan fingerprint density at radius 3 is 2.00 bits per heavy atom. The van der Waals surface area contributed by atoms with Gasteiger partial charge in [0.25, 0.3) is 0 Å². The smallest absolute Gasteiger partial charge is 0.236 e. The SMILES string of the molecule is CC(=O)N/N=C(\[O-])C1CC=CC[N-]1.CC(=O)N/N=C(\[O-])C1CCCC[N-]1.[Ni]. The Kier molecular flexibility index (Phi) is 13.1. The molecule has 0 aromatic heterocycles. The number of hydrazone groups is 2. The number of hydrogen-bond donors (Lipinski definition) is 2. The zero-order chi connectivity index (χ0) is 19.4. The van der Waals surface area contributed by atoms with Gasteiger partial charge in [-0.15, -0.1) is 31.2 Å². The summed E-state index contributed by atoms with van der Waals surface area (Å²) in [6.45, 7) is 3.89. The quantitative estimate of drug-likeness (QED) is 0.200. The van der Waals surface area contributed by atoms with Gasteiger partial charge in [-0.2, -0.15) is 10.2 Å². The number of carbonyl (C=O) groups excluding carboxylic acids is 2. The van der Waals surface area contributed by atoms with Gasteiger partial charge in [0.1, 0.15) is 0 Å². The average molecular weight is 423 g/mol. The Balaban J connectivity index is 0.000000483. The number of rotatable bonds is 4.